The number of carboxylic acids is 1. The number of aromatic amines is 1. The van der Waals surface area contributed by atoms with E-state index in [9.17, 15) is 19.5 Å². The molecule has 0 spiro atoms. The molecule has 9 nitrogen and oxygen atoms in total. The molecule has 0 radical (unpaired) electrons. The number of carboxylic acid groups (broad SMARTS) is 1. The molecule has 3 heterocycles. The monoisotopic (exact) mass is 509 g/mol. The minimum Gasteiger partial charge on any atom is -0.480 e. The summed E-state index contributed by atoms with van der Waals surface area (Å²) in [5, 5.41) is 10.9. The van der Waals surface area contributed by atoms with Crippen molar-refractivity contribution in [3.63, 3.8) is 0 Å². The lowest BCUT2D eigenvalue weighted by Crippen LogP contribution is -2.45. The molecule has 1 aliphatic heterocycles. The van der Waals surface area contributed by atoms with Crippen molar-refractivity contribution in [3.8, 4) is 5.69 Å². The summed E-state index contributed by atoms with van der Waals surface area (Å²) in [7, 11) is 0. The first-order valence-electron chi connectivity index (χ1n) is 12.6. The van der Waals surface area contributed by atoms with Crippen LogP contribution in [-0.2, 0) is 17.9 Å². The molecule has 1 fully saturated rings. The normalized spacial score (nSPS) is 14.4. The Morgan fingerprint density at radius 2 is 1.66 bits per heavy atom. The van der Waals surface area contributed by atoms with Gasteiger partial charge in [-0.1, -0.05) is 30.3 Å². The zero-order valence-electron chi connectivity index (χ0n) is 20.7. The highest BCUT2D eigenvalue weighted by Crippen LogP contribution is 2.26. The molecule has 5 aromatic rings. The van der Waals surface area contributed by atoms with E-state index in [-0.39, 0.29) is 0 Å². The number of fused-ring (bicyclic) bond motifs is 3. The van der Waals surface area contributed by atoms with Gasteiger partial charge in [0.1, 0.15) is 6.54 Å². The summed E-state index contributed by atoms with van der Waals surface area (Å²) in [6, 6.07) is 22.0. The van der Waals surface area contributed by atoms with Gasteiger partial charge in [-0.15, -0.1) is 0 Å². The zero-order valence-corrected chi connectivity index (χ0v) is 20.7. The van der Waals surface area contributed by atoms with Gasteiger partial charge in [0.2, 0.25) is 0 Å². The van der Waals surface area contributed by atoms with Crippen LogP contribution in [0.2, 0.25) is 0 Å². The maximum atomic E-state index is 12.6. The van der Waals surface area contributed by atoms with Gasteiger partial charge in [-0.25, -0.2) is 0 Å². The van der Waals surface area contributed by atoms with Crippen LogP contribution in [0.3, 0.4) is 0 Å². The standard InChI is InChI=1S/C29H27N5O4/c35-26(36)19-34-27-24-16-23(8-6-21(24)7-9-25(27)30-28(37)29(34)38)33-11-10-20(18-33)17-31-12-14-32(15-13-31)22-4-2-1-3-5-22/h1-11,16,18H,12-15,17,19H2,(H,30,37)(H,35,36). The number of hydrogen-bond acceptors (Lipinski definition) is 5. The Balaban J connectivity index is 1.27. The second-order valence-electron chi connectivity index (χ2n) is 9.63. The molecule has 192 valence electrons. The van der Waals surface area contributed by atoms with E-state index in [0.717, 1.165) is 48.4 Å². The maximum absolute atomic E-state index is 12.6. The third-order valence-corrected chi connectivity index (χ3v) is 7.18. The Hall–Kier alpha value is -4.63. The van der Waals surface area contributed by atoms with Crippen LogP contribution >= 0.6 is 0 Å². The summed E-state index contributed by atoms with van der Waals surface area (Å²) < 4.78 is 3.07. The van der Waals surface area contributed by atoms with E-state index in [2.05, 4.69) is 51.3 Å². The number of nitrogens with one attached hydrogen (secondary N) is 1. The predicted octanol–water partition coefficient (Wildman–Crippen LogP) is 3.04. The highest BCUT2D eigenvalue weighted by molar-refractivity contribution is 6.05. The van der Waals surface area contributed by atoms with Crippen LogP contribution in [0.4, 0.5) is 5.69 Å². The van der Waals surface area contributed by atoms with E-state index in [4.69, 9.17) is 0 Å². The van der Waals surface area contributed by atoms with E-state index < -0.39 is 23.6 Å². The SMILES string of the molecule is O=C(O)Cn1c(=O)c(=O)[nH]c2ccc3ccc(-n4ccc(CN5CCN(c6ccccc6)CC5)c4)cc3c21. The molecule has 2 aromatic heterocycles. The summed E-state index contributed by atoms with van der Waals surface area (Å²) in [5.41, 5.74) is 2.44. The number of aromatic nitrogens is 3. The van der Waals surface area contributed by atoms with E-state index in [1.807, 2.05) is 41.1 Å². The maximum Gasteiger partial charge on any atom is 0.323 e. The minimum atomic E-state index is -1.19. The van der Waals surface area contributed by atoms with Gasteiger partial charge in [-0.05, 0) is 47.3 Å². The van der Waals surface area contributed by atoms with Gasteiger partial charge >= 0.3 is 17.1 Å². The number of piperazine rings is 1. The summed E-state index contributed by atoms with van der Waals surface area (Å²) in [6.07, 6.45) is 4.11. The van der Waals surface area contributed by atoms with Gasteiger partial charge < -0.3 is 19.6 Å². The van der Waals surface area contributed by atoms with Crippen LogP contribution in [0.15, 0.2) is 88.7 Å². The van der Waals surface area contributed by atoms with E-state index in [1.54, 1.807) is 6.07 Å². The van der Waals surface area contributed by atoms with Crippen LogP contribution in [0.1, 0.15) is 5.56 Å². The van der Waals surface area contributed by atoms with Crippen molar-refractivity contribution in [1.29, 1.82) is 0 Å². The average molecular weight is 510 g/mol. The van der Waals surface area contributed by atoms with Crippen molar-refractivity contribution >= 4 is 33.5 Å². The smallest absolute Gasteiger partial charge is 0.323 e. The summed E-state index contributed by atoms with van der Waals surface area (Å²) >= 11 is 0. The molecule has 0 saturated carbocycles. The molecule has 9 heteroatoms. The first-order chi connectivity index (χ1) is 18.5. The fraction of sp³-hybridized carbons (Fsp3) is 0.207. The third kappa shape index (κ3) is 4.48. The highest BCUT2D eigenvalue weighted by Gasteiger charge is 2.18. The van der Waals surface area contributed by atoms with E-state index in [0.29, 0.717) is 16.4 Å². The Labute approximate surface area is 217 Å². The summed E-state index contributed by atoms with van der Waals surface area (Å²) in [4.78, 5) is 43.6. The Morgan fingerprint density at radius 3 is 2.42 bits per heavy atom. The van der Waals surface area contributed by atoms with Crippen LogP contribution in [-0.4, -0.2) is 56.3 Å². The Kier molecular flexibility index (Phi) is 6.05. The topological polar surface area (TPSA) is 104 Å². The predicted molar refractivity (Wildman–Crippen MR) is 147 cm³/mol. The molecule has 0 aliphatic carbocycles. The van der Waals surface area contributed by atoms with Crippen molar-refractivity contribution < 1.29 is 9.90 Å². The van der Waals surface area contributed by atoms with Crippen molar-refractivity contribution in [2.45, 2.75) is 13.1 Å². The number of carbonyl (C=O) groups is 1. The number of nitrogens with zero attached hydrogens (tertiary/aromatic N) is 4. The summed E-state index contributed by atoms with van der Waals surface area (Å²) in [6.45, 7) is 4.22. The van der Waals surface area contributed by atoms with E-state index in [1.165, 1.54) is 11.3 Å². The number of H-pyrrole nitrogens is 1. The number of para-hydroxylation sites is 1. The van der Waals surface area contributed by atoms with Gasteiger partial charge in [0.15, 0.2) is 0 Å². The van der Waals surface area contributed by atoms with Crippen molar-refractivity contribution in [1.82, 2.24) is 19.0 Å². The number of anilines is 1. The van der Waals surface area contributed by atoms with Crippen LogP contribution in [0.5, 0.6) is 0 Å². The first-order valence-corrected chi connectivity index (χ1v) is 12.6. The second kappa shape index (κ2) is 9.68. The molecule has 3 aromatic carbocycles. The molecule has 1 aliphatic rings. The third-order valence-electron chi connectivity index (χ3n) is 7.18. The van der Waals surface area contributed by atoms with Crippen molar-refractivity contribution in [2.75, 3.05) is 31.1 Å². The molecule has 0 bridgehead atoms. The fourth-order valence-electron chi connectivity index (χ4n) is 5.29. The minimum absolute atomic E-state index is 0.403. The van der Waals surface area contributed by atoms with Crippen molar-refractivity contribution in [2.24, 2.45) is 0 Å². The lowest BCUT2D eigenvalue weighted by molar-refractivity contribution is -0.137. The Bertz CT molecular complexity index is 1760. The first kappa shape index (κ1) is 23.7. The largest absolute Gasteiger partial charge is 0.480 e. The fourth-order valence-corrected chi connectivity index (χ4v) is 5.29. The second-order valence-corrected chi connectivity index (χ2v) is 9.63. The van der Waals surface area contributed by atoms with Gasteiger partial charge in [-0.3, -0.25) is 23.9 Å². The van der Waals surface area contributed by atoms with Crippen molar-refractivity contribution in [3.05, 3.63) is 105 Å². The molecular formula is C29H27N5O4. The molecular weight excluding hydrogens is 482 g/mol. The molecule has 0 amide bonds. The number of hydrogen-bond donors (Lipinski definition) is 2. The average Bonchev–Trinajstić information content (AvgIpc) is 3.40. The quantitative estimate of drug-likeness (QED) is 0.269. The van der Waals surface area contributed by atoms with E-state index >= 15 is 0 Å². The molecule has 1 saturated heterocycles. The molecule has 2 N–H and O–H groups in total. The summed E-state index contributed by atoms with van der Waals surface area (Å²) in [5.74, 6) is -1.19. The van der Waals surface area contributed by atoms with Gasteiger partial charge in [0.25, 0.3) is 0 Å². The van der Waals surface area contributed by atoms with Gasteiger partial charge in [-0.2, -0.15) is 0 Å². The number of aliphatic carboxylic acids is 1. The van der Waals surface area contributed by atoms with Crippen LogP contribution < -0.4 is 16.0 Å². The van der Waals surface area contributed by atoms with Gasteiger partial charge in [0, 0.05) is 61.9 Å². The zero-order chi connectivity index (χ0) is 26.2. The van der Waals surface area contributed by atoms with Gasteiger partial charge in [0.05, 0.1) is 11.0 Å². The number of benzene rings is 3. The Morgan fingerprint density at radius 1 is 0.895 bits per heavy atom. The number of rotatable bonds is 6. The molecule has 6 rings (SSSR count). The van der Waals surface area contributed by atoms with Crippen LogP contribution in [0.25, 0.3) is 27.5 Å². The van der Waals surface area contributed by atoms with Crippen LogP contribution in [0, 0.1) is 0 Å². The molecule has 0 atom stereocenters. The highest BCUT2D eigenvalue weighted by atomic mass is 16.4. The molecule has 0 unspecified atom stereocenters. The lowest BCUT2D eigenvalue weighted by Gasteiger charge is -2.36. The molecule has 38 heavy (non-hydrogen) atoms. The lowest BCUT2D eigenvalue weighted by atomic mass is 10.1.